The Labute approximate surface area is 93.3 Å². The van der Waals surface area contributed by atoms with E-state index in [1.165, 1.54) is 0 Å². The third-order valence-corrected chi connectivity index (χ3v) is 2.39. The smallest absolute Gasteiger partial charge is 0.326 e. The fourth-order valence-electron chi connectivity index (χ4n) is 1.50. The predicted octanol–water partition coefficient (Wildman–Crippen LogP) is 0.912. The van der Waals surface area contributed by atoms with Gasteiger partial charge in [0.25, 0.3) is 0 Å². The zero-order valence-corrected chi connectivity index (χ0v) is 8.88. The molecule has 1 aromatic carbocycles. The van der Waals surface area contributed by atoms with Crippen molar-refractivity contribution < 1.29 is 14.7 Å². The van der Waals surface area contributed by atoms with Crippen molar-refractivity contribution in [1.29, 1.82) is 0 Å². The Morgan fingerprint density at radius 1 is 1.31 bits per heavy atom. The topological polar surface area (TPSA) is 92.4 Å². The Bertz CT molecular complexity index is 378. The number of urea groups is 1. The van der Waals surface area contributed by atoms with Gasteiger partial charge in [-0.2, -0.15) is 0 Å². The first kappa shape index (κ1) is 12.0. The van der Waals surface area contributed by atoms with Crippen LogP contribution in [0.4, 0.5) is 4.79 Å². The van der Waals surface area contributed by atoms with Crippen molar-refractivity contribution in [2.75, 3.05) is 0 Å². The monoisotopic (exact) mass is 222 g/mol. The van der Waals surface area contributed by atoms with Crippen LogP contribution in [0.15, 0.2) is 30.3 Å². The van der Waals surface area contributed by atoms with Gasteiger partial charge in [0.2, 0.25) is 0 Å². The molecule has 5 nitrogen and oxygen atoms in total. The average molecular weight is 222 g/mol. The number of nitrogens with two attached hydrogens (primary N) is 1. The molecule has 0 saturated carbocycles. The molecule has 0 aromatic heterocycles. The Kier molecular flexibility index (Phi) is 3.88. The van der Waals surface area contributed by atoms with Crippen LogP contribution in [-0.2, 0) is 4.79 Å². The standard InChI is InChI=1S/C11H14N2O3/c1-7(8-5-3-2-4-6-8)9(10(14)15)13-11(12)16/h2-7,9H,1H3,(H,14,15)(H3,12,13,16)/t7?,9-/m0/s1. The van der Waals surface area contributed by atoms with E-state index >= 15 is 0 Å². The van der Waals surface area contributed by atoms with Crippen molar-refractivity contribution in [1.82, 2.24) is 5.32 Å². The molecule has 2 amide bonds. The Balaban J connectivity index is 2.87. The van der Waals surface area contributed by atoms with Crippen LogP contribution in [0.25, 0.3) is 0 Å². The van der Waals surface area contributed by atoms with Gasteiger partial charge in [-0.3, -0.25) is 0 Å². The number of amides is 2. The van der Waals surface area contributed by atoms with E-state index < -0.39 is 18.0 Å². The normalized spacial score (nSPS) is 13.8. The second-order valence-electron chi connectivity index (χ2n) is 3.52. The zero-order valence-electron chi connectivity index (χ0n) is 8.88. The lowest BCUT2D eigenvalue weighted by Gasteiger charge is -2.20. The predicted molar refractivity (Wildman–Crippen MR) is 59.0 cm³/mol. The molecule has 2 atom stereocenters. The number of nitrogens with one attached hydrogen (secondary N) is 1. The van der Waals surface area contributed by atoms with Crippen LogP contribution in [0.3, 0.4) is 0 Å². The molecule has 0 bridgehead atoms. The van der Waals surface area contributed by atoms with Crippen LogP contribution < -0.4 is 11.1 Å². The Morgan fingerprint density at radius 3 is 2.31 bits per heavy atom. The van der Waals surface area contributed by atoms with Crippen LogP contribution in [-0.4, -0.2) is 23.1 Å². The number of hydrogen-bond acceptors (Lipinski definition) is 2. The van der Waals surface area contributed by atoms with Gasteiger partial charge in [-0.25, -0.2) is 9.59 Å². The number of carboxylic acid groups (broad SMARTS) is 1. The highest BCUT2D eigenvalue weighted by Crippen LogP contribution is 2.18. The maximum Gasteiger partial charge on any atom is 0.326 e. The minimum Gasteiger partial charge on any atom is -0.480 e. The van der Waals surface area contributed by atoms with Crippen molar-refractivity contribution >= 4 is 12.0 Å². The van der Waals surface area contributed by atoms with E-state index in [4.69, 9.17) is 10.8 Å². The summed E-state index contributed by atoms with van der Waals surface area (Å²) in [5, 5.41) is 11.2. The van der Waals surface area contributed by atoms with E-state index in [-0.39, 0.29) is 5.92 Å². The van der Waals surface area contributed by atoms with E-state index in [2.05, 4.69) is 5.32 Å². The average Bonchev–Trinajstić information content (AvgIpc) is 2.25. The van der Waals surface area contributed by atoms with Gasteiger partial charge in [-0.15, -0.1) is 0 Å². The molecule has 0 aliphatic carbocycles. The van der Waals surface area contributed by atoms with Crippen molar-refractivity contribution in [3.05, 3.63) is 35.9 Å². The fourth-order valence-corrected chi connectivity index (χ4v) is 1.50. The van der Waals surface area contributed by atoms with Crippen molar-refractivity contribution in [2.24, 2.45) is 5.73 Å². The summed E-state index contributed by atoms with van der Waals surface area (Å²) in [6, 6.07) is 7.24. The third-order valence-electron chi connectivity index (χ3n) is 2.39. The van der Waals surface area contributed by atoms with Gasteiger partial charge in [0.15, 0.2) is 0 Å². The minimum atomic E-state index is -1.10. The first-order valence-electron chi connectivity index (χ1n) is 4.86. The van der Waals surface area contributed by atoms with Gasteiger partial charge in [0, 0.05) is 5.92 Å². The van der Waals surface area contributed by atoms with Crippen molar-refractivity contribution in [3.8, 4) is 0 Å². The molecule has 5 heteroatoms. The number of hydrogen-bond donors (Lipinski definition) is 3. The van der Waals surface area contributed by atoms with Crippen molar-refractivity contribution in [2.45, 2.75) is 18.9 Å². The number of carboxylic acids is 1. The van der Waals surface area contributed by atoms with Crippen LogP contribution in [0.1, 0.15) is 18.4 Å². The molecule has 0 aliphatic rings. The van der Waals surface area contributed by atoms with Gasteiger partial charge in [-0.1, -0.05) is 37.3 Å². The fraction of sp³-hybridized carbons (Fsp3) is 0.273. The molecular weight excluding hydrogens is 208 g/mol. The summed E-state index contributed by atoms with van der Waals surface area (Å²) < 4.78 is 0. The maximum absolute atomic E-state index is 11.0. The Hall–Kier alpha value is -2.04. The first-order valence-corrected chi connectivity index (χ1v) is 4.86. The van der Waals surface area contributed by atoms with Gasteiger partial charge in [0.05, 0.1) is 0 Å². The Morgan fingerprint density at radius 2 is 1.88 bits per heavy atom. The van der Waals surface area contributed by atoms with Crippen LogP contribution in [0.5, 0.6) is 0 Å². The van der Waals surface area contributed by atoms with Gasteiger partial charge >= 0.3 is 12.0 Å². The molecule has 1 unspecified atom stereocenters. The minimum absolute atomic E-state index is 0.341. The number of carbonyl (C=O) groups excluding carboxylic acids is 1. The lowest BCUT2D eigenvalue weighted by atomic mass is 9.93. The quantitative estimate of drug-likeness (QED) is 0.707. The number of aliphatic carboxylic acids is 1. The van der Waals surface area contributed by atoms with E-state index in [1.807, 2.05) is 30.3 Å². The second-order valence-corrected chi connectivity index (χ2v) is 3.52. The van der Waals surface area contributed by atoms with Gasteiger partial charge in [0.1, 0.15) is 6.04 Å². The maximum atomic E-state index is 11.0. The van der Waals surface area contributed by atoms with E-state index in [0.29, 0.717) is 0 Å². The van der Waals surface area contributed by atoms with E-state index in [9.17, 15) is 9.59 Å². The number of carbonyl (C=O) groups is 2. The molecule has 0 heterocycles. The summed E-state index contributed by atoms with van der Waals surface area (Å²) in [5.41, 5.74) is 5.77. The molecular formula is C11H14N2O3. The molecule has 4 N–H and O–H groups in total. The van der Waals surface area contributed by atoms with Crippen molar-refractivity contribution in [3.63, 3.8) is 0 Å². The summed E-state index contributed by atoms with van der Waals surface area (Å²) >= 11 is 0. The lowest BCUT2D eigenvalue weighted by Crippen LogP contribution is -2.46. The second kappa shape index (κ2) is 5.16. The summed E-state index contributed by atoms with van der Waals surface area (Å²) in [7, 11) is 0. The number of benzene rings is 1. The third kappa shape index (κ3) is 2.98. The highest BCUT2D eigenvalue weighted by atomic mass is 16.4. The van der Waals surface area contributed by atoms with Crippen LogP contribution in [0, 0.1) is 0 Å². The van der Waals surface area contributed by atoms with E-state index in [1.54, 1.807) is 6.92 Å². The van der Waals surface area contributed by atoms with E-state index in [0.717, 1.165) is 5.56 Å². The summed E-state index contributed by atoms with van der Waals surface area (Å²) in [6.07, 6.45) is 0. The molecule has 0 fully saturated rings. The van der Waals surface area contributed by atoms with Crippen LogP contribution in [0.2, 0.25) is 0 Å². The first-order chi connectivity index (χ1) is 7.52. The largest absolute Gasteiger partial charge is 0.480 e. The molecule has 0 saturated heterocycles. The highest BCUT2D eigenvalue weighted by molar-refractivity contribution is 5.82. The molecule has 0 aliphatic heterocycles. The summed E-state index contributed by atoms with van der Waals surface area (Å²) in [5.74, 6) is -1.44. The number of primary amides is 1. The molecule has 86 valence electrons. The SMILES string of the molecule is CC(c1ccccc1)[C@H](NC(N)=O)C(=O)O. The molecule has 16 heavy (non-hydrogen) atoms. The van der Waals surface area contributed by atoms with Gasteiger partial charge in [-0.05, 0) is 5.56 Å². The summed E-state index contributed by atoms with van der Waals surface area (Å²) in [6.45, 7) is 1.73. The summed E-state index contributed by atoms with van der Waals surface area (Å²) in [4.78, 5) is 21.7. The zero-order chi connectivity index (χ0) is 12.1. The van der Waals surface area contributed by atoms with Gasteiger partial charge < -0.3 is 16.2 Å². The molecule has 1 rings (SSSR count). The molecule has 1 aromatic rings. The highest BCUT2D eigenvalue weighted by Gasteiger charge is 2.26. The molecule has 0 spiro atoms. The van der Waals surface area contributed by atoms with Crippen LogP contribution >= 0.6 is 0 Å². The lowest BCUT2D eigenvalue weighted by molar-refractivity contribution is -0.139. The molecule has 0 radical (unpaired) electrons. The number of rotatable bonds is 4.